The number of hydrogen-bond acceptors (Lipinski definition) is 3. The van der Waals surface area contributed by atoms with Gasteiger partial charge in [0.05, 0.1) is 5.69 Å². The monoisotopic (exact) mass is 324 g/mol. The van der Waals surface area contributed by atoms with Crippen LogP contribution in [0.5, 0.6) is 0 Å². The van der Waals surface area contributed by atoms with E-state index in [2.05, 4.69) is 35.8 Å². The van der Waals surface area contributed by atoms with Crippen molar-refractivity contribution in [1.29, 1.82) is 0 Å². The highest BCUT2D eigenvalue weighted by molar-refractivity contribution is 9.18. The van der Waals surface area contributed by atoms with Crippen molar-refractivity contribution in [2.45, 2.75) is 32.1 Å². The van der Waals surface area contributed by atoms with Gasteiger partial charge in [0.1, 0.15) is 0 Å². The Labute approximate surface area is 121 Å². The first-order valence-electron chi connectivity index (χ1n) is 6.22. The van der Waals surface area contributed by atoms with Gasteiger partial charge in [-0.15, -0.1) is 0 Å². The molecule has 0 aromatic heterocycles. The van der Waals surface area contributed by atoms with Crippen molar-refractivity contribution >= 4 is 32.3 Å². The van der Waals surface area contributed by atoms with Gasteiger partial charge in [0.15, 0.2) is 0 Å². The fourth-order valence-electron chi connectivity index (χ4n) is 2.22. The number of hydrogen-bond donors (Lipinski definition) is 1. The molecule has 1 aromatic rings. The van der Waals surface area contributed by atoms with Gasteiger partial charge in [-0.2, -0.15) is 0 Å². The molecule has 0 unspecified atom stereocenters. The Morgan fingerprint density at radius 3 is 2.68 bits per heavy atom. The van der Waals surface area contributed by atoms with Gasteiger partial charge in [-0.1, -0.05) is 26.0 Å². The lowest BCUT2D eigenvalue weighted by Gasteiger charge is -2.29. The zero-order valence-electron chi connectivity index (χ0n) is 11.1. The summed E-state index contributed by atoms with van der Waals surface area (Å²) in [6.45, 7) is 4.71. The van der Waals surface area contributed by atoms with E-state index in [1.54, 1.807) is 0 Å². The normalized spacial score (nSPS) is 15.4. The summed E-state index contributed by atoms with van der Waals surface area (Å²) in [4.78, 5) is 24.1. The SMILES string of the molecule is CC(C)(CN)c1ccc2c(c1)CCC(=O)N2C(=O)Br. The number of aryl methyl sites for hydroxylation is 1. The Balaban J connectivity index is 2.48. The summed E-state index contributed by atoms with van der Waals surface area (Å²) in [5, 5.41) is 0. The first-order chi connectivity index (χ1) is 8.86. The van der Waals surface area contributed by atoms with Crippen molar-refractivity contribution in [3.05, 3.63) is 29.3 Å². The fourth-order valence-corrected chi connectivity index (χ4v) is 2.61. The van der Waals surface area contributed by atoms with E-state index in [1.165, 1.54) is 4.90 Å². The predicted octanol–water partition coefficient (Wildman–Crippen LogP) is 2.72. The number of amides is 2. The molecular weight excluding hydrogens is 308 g/mol. The standard InChI is InChI=1S/C14H17BrN2O2/c1-14(2,8-16)10-4-5-11-9(7-10)3-6-12(18)17(11)13(15)19/h4-5,7H,3,6,8,16H2,1-2H3. The minimum atomic E-state index is -0.413. The van der Waals surface area contributed by atoms with Gasteiger partial charge in [0, 0.05) is 34.3 Å². The van der Waals surface area contributed by atoms with Crippen LogP contribution in [-0.4, -0.2) is 17.3 Å². The Morgan fingerprint density at radius 1 is 1.42 bits per heavy atom. The topological polar surface area (TPSA) is 63.4 Å². The third-order valence-electron chi connectivity index (χ3n) is 3.65. The van der Waals surface area contributed by atoms with Crippen LogP contribution < -0.4 is 10.6 Å². The van der Waals surface area contributed by atoms with Crippen LogP contribution in [0.15, 0.2) is 18.2 Å². The van der Waals surface area contributed by atoms with Crippen LogP contribution in [0.1, 0.15) is 31.4 Å². The number of rotatable bonds is 2. The molecule has 19 heavy (non-hydrogen) atoms. The number of benzene rings is 1. The zero-order chi connectivity index (χ0) is 14.2. The van der Waals surface area contributed by atoms with E-state index in [0.29, 0.717) is 25.1 Å². The molecule has 0 bridgehead atoms. The van der Waals surface area contributed by atoms with Crippen LogP contribution in [0, 0.1) is 0 Å². The molecule has 2 amide bonds. The molecule has 1 aliphatic heterocycles. The van der Waals surface area contributed by atoms with Gasteiger partial charge < -0.3 is 5.73 Å². The van der Waals surface area contributed by atoms with Crippen molar-refractivity contribution in [2.75, 3.05) is 11.4 Å². The van der Waals surface area contributed by atoms with Gasteiger partial charge >= 0.3 is 4.82 Å². The van der Waals surface area contributed by atoms with Crippen molar-refractivity contribution in [2.24, 2.45) is 5.73 Å². The van der Waals surface area contributed by atoms with Gasteiger partial charge in [0.2, 0.25) is 5.91 Å². The molecule has 1 aliphatic rings. The van der Waals surface area contributed by atoms with E-state index in [4.69, 9.17) is 5.73 Å². The van der Waals surface area contributed by atoms with E-state index in [9.17, 15) is 9.59 Å². The van der Waals surface area contributed by atoms with E-state index in [0.717, 1.165) is 11.1 Å². The number of halogens is 1. The van der Waals surface area contributed by atoms with Crippen molar-refractivity contribution in [3.8, 4) is 0 Å². The maximum atomic E-state index is 11.8. The van der Waals surface area contributed by atoms with Gasteiger partial charge in [-0.25, -0.2) is 4.90 Å². The highest BCUT2D eigenvalue weighted by Gasteiger charge is 2.29. The molecule has 0 saturated heterocycles. The van der Waals surface area contributed by atoms with Gasteiger partial charge in [-0.3, -0.25) is 9.59 Å². The van der Waals surface area contributed by atoms with Crippen LogP contribution in [0.25, 0.3) is 0 Å². The van der Waals surface area contributed by atoms with Crippen molar-refractivity contribution in [1.82, 2.24) is 0 Å². The number of carbonyl (C=O) groups excluding carboxylic acids is 2. The van der Waals surface area contributed by atoms with Crippen LogP contribution in [-0.2, 0) is 16.6 Å². The van der Waals surface area contributed by atoms with E-state index >= 15 is 0 Å². The highest BCUT2D eigenvalue weighted by atomic mass is 79.9. The first kappa shape index (κ1) is 14.2. The number of anilines is 1. The molecule has 102 valence electrons. The summed E-state index contributed by atoms with van der Waals surface area (Å²) in [6.07, 6.45) is 1.02. The molecule has 0 atom stereocenters. The Morgan fingerprint density at radius 2 is 2.11 bits per heavy atom. The molecule has 4 nitrogen and oxygen atoms in total. The molecule has 1 heterocycles. The largest absolute Gasteiger partial charge is 0.330 e. The minimum absolute atomic E-state index is 0.111. The van der Waals surface area contributed by atoms with E-state index < -0.39 is 4.82 Å². The molecule has 2 rings (SSSR count). The van der Waals surface area contributed by atoms with Crippen molar-refractivity contribution in [3.63, 3.8) is 0 Å². The quantitative estimate of drug-likeness (QED) is 0.672. The van der Waals surface area contributed by atoms with Gasteiger partial charge in [0.25, 0.3) is 0 Å². The Kier molecular flexibility index (Phi) is 3.78. The fraction of sp³-hybridized carbons (Fsp3) is 0.429. The molecule has 5 heteroatoms. The molecule has 0 radical (unpaired) electrons. The molecule has 0 fully saturated rings. The lowest BCUT2D eigenvalue weighted by molar-refractivity contribution is -0.118. The average Bonchev–Trinajstić information content (AvgIpc) is 2.37. The van der Waals surface area contributed by atoms with Crippen LogP contribution in [0.4, 0.5) is 10.5 Å². The summed E-state index contributed by atoms with van der Waals surface area (Å²) >= 11 is 2.86. The maximum absolute atomic E-state index is 11.8. The summed E-state index contributed by atoms with van der Waals surface area (Å²) in [6, 6.07) is 5.82. The summed E-state index contributed by atoms with van der Waals surface area (Å²) in [5.74, 6) is -0.166. The molecule has 0 aliphatic carbocycles. The number of nitrogens with zero attached hydrogens (tertiary/aromatic N) is 1. The van der Waals surface area contributed by atoms with Crippen LogP contribution >= 0.6 is 15.9 Å². The number of fused-ring (bicyclic) bond motifs is 1. The second-order valence-electron chi connectivity index (χ2n) is 5.41. The summed E-state index contributed by atoms with van der Waals surface area (Å²) in [5.41, 5.74) is 8.50. The summed E-state index contributed by atoms with van der Waals surface area (Å²) < 4.78 is 0. The maximum Gasteiger partial charge on any atom is 0.300 e. The lowest BCUT2D eigenvalue weighted by atomic mass is 9.83. The van der Waals surface area contributed by atoms with Crippen molar-refractivity contribution < 1.29 is 9.59 Å². The molecule has 2 N–H and O–H groups in total. The Bertz CT molecular complexity index is 540. The summed E-state index contributed by atoms with van der Waals surface area (Å²) in [7, 11) is 0. The molecule has 1 aromatic carbocycles. The highest BCUT2D eigenvalue weighted by Crippen LogP contribution is 2.33. The second-order valence-corrected chi connectivity index (χ2v) is 6.09. The van der Waals surface area contributed by atoms with Crippen LogP contribution in [0.2, 0.25) is 0 Å². The minimum Gasteiger partial charge on any atom is -0.330 e. The molecule has 0 spiro atoms. The Hall–Kier alpha value is -1.20. The molecule has 0 saturated carbocycles. The number of carbonyl (C=O) groups is 2. The molecular formula is C14H17BrN2O2. The van der Waals surface area contributed by atoms with E-state index in [-0.39, 0.29) is 11.3 Å². The zero-order valence-corrected chi connectivity index (χ0v) is 12.7. The van der Waals surface area contributed by atoms with Crippen LogP contribution in [0.3, 0.4) is 0 Å². The second kappa shape index (κ2) is 5.06. The van der Waals surface area contributed by atoms with Gasteiger partial charge in [-0.05, 0) is 23.6 Å². The third kappa shape index (κ3) is 2.58. The average molecular weight is 325 g/mol. The predicted molar refractivity (Wildman–Crippen MR) is 78.7 cm³/mol. The van der Waals surface area contributed by atoms with E-state index in [1.807, 2.05) is 12.1 Å². The lowest BCUT2D eigenvalue weighted by Crippen LogP contribution is -2.37. The number of nitrogens with two attached hydrogens (primary N) is 1. The first-order valence-corrected chi connectivity index (χ1v) is 7.02. The third-order valence-corrected chi connectivity index (χ3v) is 4.00. The number of imide groups is 1. The smallest absolute Gasteiger partial charge is 0.300 e.